The van der Waals surface area contributed by atoms with E-state index in [9.17, 15) is 13.9 Å². The van der Waals surface area contributed by atoms with E-state index in [1.54, 1.807) is 0 Å². The lowest BCUT2D eigenvalue weighted by molar-refractivity contribution is -0.137. The highest BCUT2D eigenvalue weighted by atomic mass is 31.3. The van der Waals surface area contributed by atoms with Crippen molar-refractivity contribution < 1.29 is 42.2 Å². The normalized spacial score (nSPS) is 14.8. The van der Waals surface area contributed by atoms with Crippen LogP contribution in [-0.4, -0.2) is 33.9 Å². The molecule has 1 unspecified atom stereocenters. The number of phosphoric acid groups is 2. The lowest BCUT2D eigenvalue weighted by Gasteiger charge is -2.12. The van der Waals surface area contributed by atoms with Gasteiger partial charge in [0, 0.05) is 6.08 Å². The Morgan fingerprint density at radius 3 is 2.22 bits per heavy atom. The van der Waals surface area contributed by atoms with Crippen molar-refractivity contribution in [3.05, 3.63) is 12.7 Å². The van der Waals surface area contributed by atoms with Crippen LogP contribution in [0.5, 0.6) is 0 Å². The van der Waals surface area contributed by atoms with Gasteiger partial charge in [0.2, 0.25) is 0 Å². The summed E-state index contributed by atoms with van der Waals surface area (Å²) in [5, 5.41) is 0. The number of ether oxygens (including phenoxy) is 1. The van der Waals surface area contributed by atoms with Gasteiger partial charge in [0.25, 0.3) is 0 Å². The minimum atomic E-state index is -5.08. The van der Waals surface area contributed by atoms with Crippen LogP contribution in [0.15, 0.2) is 12.7 Å². The maximum Gasteiger partial charge on any atom is 0.481 e. The first-order chi connectivity index (χ1) is 8.16. The fourth-order valence-corrected chi connectivity index (χ4v) is 2.40. The van der Waals surface area contributed by atoms with E-state index in [0.29, 0.717) is 6.42 Å². The second-order valence-electron chi connectivity index (χ2n) is 2.95. The summed E-state index contributed by atoms with van der Waals surface area (Å²) in [7, 11) is -9.86. The van der Waals surface area contributed by atoms with E-state index >= 15 is 0 Å². The van der Waals surface area contributed by atoms with Crippen molar-refractivity contribution in [3.8, 4) is 0 Å². The van der Waals surface area contributed by atoms with Crippen molar-refractivity contribution in [3.63, 3.8) is 0 Å². The van der Waals surface area contributed by atoms with Gasteiger partial charge in [-0.05, 0) is 12.8 Å². The molecule has 0 aliphatic heterocycles. The van der Waals surface area contributed by atoms with E-state index < -0.39 is 21.6 Å². The molecule has 106 valence electrons. The lowest BCUT2D eigenvalue weighted by Crippen LogP contribution is -2.03. The molecule has 1 atom stereocenters. The molecular weight excluding hydrogens is 290 g/mol. The van der Waals surface area contributed by atoms with Gasteiger partial charge in [-0.25, -0.2) is 13.9 Å². The van der Waals surface area contributed by atoms with E-state index in [0.717, 1.165) is 6.08 Å². The number of esters is 1. The quantitative estimate of drug-likeness (QED) is 0.243. The zero-order valence-corrected chi connectivity index (χ0v) is 11.1. The number of hydrogen-bond donors (Lipinski definition) is 3. The summed E-state index contributed by atoms with van der Waals surface area (Å²) in [6, 6.07) is 0. The third kappa shape index (κ3) is 10.6. The Balaban J connectivity index is 3.72. The van der Waals surface area contributed by atoms with Gasteiger partial charge < -0.3 is 19.4 Å². The van der Waals surface area contributed by atoms with Crippen LogP contribution in [0.3, 0.4) is 0 Å². The molecule has 0 saturated heterocycles. The molecule has 11 heteroatoms. The summed E-state index contributed by atoms with van der Waals surface area (Å²) in [4.78, 5) is 36.0. The Hall–Kier alpha value is -0.530. The molecule has 0 radical (unpaired) electrons. The summed E-state index contributed by atoms with van der Waals surface area (Å²) in [6.45, 7) is 2.98. The van der Waals surface area contributed by atoms with Gasteiger partial charge in [0.15, 0.2) is 0 Å². The first-order valence-corrected chi connectivity index (χ1v) is 7.72. The molecule has 0 bridgehead atoms. The van der Waals surface area contributed by atoms with Gasteiger partial charge in [-0.2, -0.15) is 4.31 Å². The maximum atomic E-state index is 10.9. The molecule has 0 fully saturated rings. The zero-order valence-electron chi connectivity index (χ0n) is 9.30. The van der Waals surface area contributed by atoms with Crippen LogP contribution >= 0.6 is 15.6 Å². The maximum absolute atomic E-state index is 10.9. The van der Waals surface area contributed by atoms with Crippen LogP contribution in [0.4, 0.5) is 0 Å². The van der Waals surface area contributed by atoms with Crippen molar-refractivity contribution in [1.82, 2.24) is 0 Å². The Morgan fingerprint density at radius 2 is 1.72 bits per heavy atom. The topological polar surface area (TPSA) is 140 Å². The van der Waals surface area contributed by atoms with E-state index in [-0.39, 0.29) is 19.6 Å². The van der Waals surface area contributed by atoms with Crippen LogP contribution < -0.4 is 0 Å². The highest BCUT2D eigenvalue weighted by Crippen LogP contribution is 2.57. The first-order valence-electron chi connectivity index (χ1n) is 4.70. The molecule has 18 heavy (non-hydrogen) atoms. The van der Waals surface area contributed by atoms with Crippen molar-refractivity contribution in [2.45, 2.75) is 12.8 Å². The van der Waals surface area contributed by atoms with Crippen LogP contribution in [0.25, 0.3) is 0 Å². The van der Waals surface area contributed by atoms with Crippen LogP contribution in [-0.2, 0) is 27.5 Å². The monoisotopic (exact) mass is 304 g/mol. The standard InChI is InChI=1S/C7H14O9P2/c1-2-7(8)14-5-3-4-6-15-18(12,13)16-17(9,10)11/h2H,1,3-6H2,(H,12,13)(H2,9,10,11). The molecule has 0 aromatic carbocycles. The SMILES string of the molecule is C=CC(=O)OCCCCOP(=O)(O)OP(=O)(O)O. The molecule has 0 saturated carbocycles. The fraction of sp³-hybridized carbons (Fsp3) is 0.571. The highest BCUT2D eigenvalue weighted by molar-refractivity contribution is 7.60. The molecule has 3 N–H and O–H groups in total. The Morgan fingerprint density at radius 1 is 1.17 bits per heavy atom. The molecule has 0 aliphatic rings. The number of carbonyl (C=O) groups excluding carboxylic acids is 1. The average molecular weight is 304 g/mol. The van der Waals surface area contributed by atoms with Gasteiger partial charge >= 0.3 is 21.6 Å². The molecule has 0 aromatic heterocycles. The van der Waals surface area contributed by atoms with Gasteiger partial charge in [-0.1, -0.05) is 6.58 Å². The molecule has 0 heterocycles. The summed E-state index contributed by atoms with van der Waals surface area (Å²) >= 11 is 0. The van der Waals surface area contributed by atoms with Crippen molar-refractivity contribution >= 4 is 21.6 Å². The molecule has 0 amide bonds. The van der Waals surface area contributed by atoms with Crippen molar-refractivity contribution in [2.75, 3.05) is 13.2 Å². The number of carbonyl (C=O) groups is 1. The Labute approximate surface area is 103 Å². The lowest BCUT2D eigenvalue weighted by atomic mass is 10.3. The molecular formula is C7H14O9P2. The zero-order chi connectivity index (χ0) is 14.2. The highest BCUT2D eigenvalue weighted by Gasteiger charge is 2.31. The Bertz CT molecular complexity index is 373. The minimum Gasteiger partial charge on any atom is -0.463 e. The summed E-state index contributed by atoms with van der Waals surface area (Å²) in [5.74, 6) is -0.589. The molecule has 9 nitrogen and oxygen atoms in total. The largest absolute Gasteiger partial charge is 0.481 e. The smallest absolute Gasteiger partial charge is 0.463 e. The van der Waals surface area contributed by atoms with E-state index in [4.69, 9.17) is 14.7 Å². The van der Waals surface area contributed by atoms with Gasteiger partial charge in [-0.3, -0.25) is 4.52 Å². The average Bonchev–Trinajstić information content (AvgIpc) is 2.19. The van der Waals surface area contributed by atoms with Crippen molar-refractivity contribution in [1.29, 1.82) is 0 Å². The Kier molecular flexibility index (Phi) is 7.58. The molecule has 0 spiro atoms. The second kappa shape index (κ2) is 7.81. The number of hydrogen-bond acceptors (Lipinski definition) is 6. The number of unbranched alkanes of at least 4 members (excludes halogenated alkanes) is 1. The van der Waals surface area contributed by atoms with E-state index in [1.807, 2.05) is 0 Å². The first kappa shape index (κ1) is 17.5. The van der Waals surface area contributed by atoms with Crippen LogP contribution in [0.1, 0.15) is 12.8 Å². The third-order valence-corrected chi connectivity index (χ3v) is 3.60. The van der Waals surface area contributed by atoms with Gasteiger partial charge in [0.1, 0.15) is 0 Å². The predicted molar refractivity (Wildman–Crippen MR) is 59.3 cm³/mol. The predicted octanol–water partition coefficient (Wildman–Crippen LogP) is 0.722. The van der Waals surface area contributed by atoms with Crippen LogP contribution in [0.2, 0.25) is 0 Å². The summed E-state index contributed by atoms with van der Waals surface area (Å²) in [6.07, 6.45) is 1.57. The van der Waals surface area contributed by atoms with E-state index in [2.05, 4.69) is 20.2 Å². The van der Waals surface area contributed by atoms with Gasteiger partial charge in [-0.15, -0.1) is 0 Å². The van der Waals surface area contributed by atoms with Gasteiger partial charge in [0.05, 0.1) is 13.2 Å². The molecule has 0 aliphatic carbocycles. The summed E-state index contributed by atoms with van der Waals surface area (Å²) in [5.41, 5.74) is 0. The second-order valence-corrected chi connectivity index (χ2v) is 5.78. The number of phosphoric ester groups is 1. The number of rotatable bonds is 9. The third-order valence-electron chi connectivity index (χ3n) is 1.41. The van der Waals surface area contributed by atoms with Crippen LogP contribution in [0, 0.1) is 0 Å². The minimum absolute atomic E-state index is 0.0727. The van der Waals surface area contributed by atoms with E-state index in [1.165, 1.54) is 0 Å². The van der Waals surface area contributed by atoms with Crippen molar-refractivity contribution in [2.24, 2.45) is 0 Å². The molecule has 0 rings (SSSR count). The molecule has 0 aromatic rings. The summed E-state index contributed by atoms with van der Waals surface area (Å²) < 4.78 is 33.6. The fourth-order valence-electron chi connectivity index (χ4n) is 0.774.